The van der Waals surface area contributed by atoms with Crippen molar-refractivity contribution in [2.75, 3.05) is 13.2 Å². The van der Waals surface area contributed by atoms with Crippen LogP contribution in [0.3, 0.4) is 0 Å². The van der Waals surface area contributed by atoms with Crippen LogP contribution in [0.4, 0.5) is 0 Å². The molecule has 2 fully saturated rings. The van der Waals surface area contributed by atoms with Gasteiger partial charge in [0, 0.05) is 24.2 Å². The fourth-order valence-electron chi connectivity index (χ4n) is 4.49. The molecule has 1 aliphatic heterocycles. The number of likely N-dealkylation sites (tertiary alicyclic amines) is 1. The summed E-state index contributed by atoms with van der Waals surface area (Å²) in [4.78, 5) is 31.4. The molecule has 1 aliphatic carbocycles. The lowest BCUT2D eigenvalue weighted by Gasteiger charge is -2.44. The van der Waals surface area contributed by atoms with Gasteiger partial charge in [0.1, 0.15) is 0 Å². The predicted molar refractivity (Wildman–Crippen MR) is 98.7 cm³/mol. The molecule has 2 aromatic rings. The lowest BCUT2D eigenvalue weighted by Crippen LogP contribution is -2.50. The highest BCUT2D eigenvalue weighted by Gasteiger charge is 2.35. The summed E-state index contributed by atoms with van der Waals surface area (Å²) in [7, 11) is 0. The summed E-state index contributed by atoms with van der Waals surface area (Å²) in [6.45, 7) is 0.596. The van der Waals surface area contributed by atoms with Gasteiger partial charge in [-0.05, 0) is 43.7 Å². The first-order valence-corrected chi connectivity index (χ1v) is 9.54. The average molecular weight is 352 g/mol. The van der Waals surface area contributed by atoms with Crippen LogP contribution in [0.25, 0.3) is 10.9 Å². The van der Waals surface area contributed by atoms with Gasteiger partial charge in [0.05, 0.1) is 11.1 Å². The molecular formula is C21H24N2O3. The SMILES string of the molecule is O=C(OCC(=O)N1CCC[C@H]2CCCC[C@@H]21)c1cccc2cccnc12. The molecule has 1 aromatic carbocycles. The van der Waals surface area contributed by atoms with E-state index < -0.39 is 5.97 Å². The molecule has 0 radical (unpaired) electrons. The van der Waals surface area contributed by atoms with Crippen molar-refractivity contribution in [3.8, 4) is 0 Å². The smallest absolute Gasteiger partial charge is 0.340 e. The molecule has 1 aromatic heterocycles. The Hall–Kier alpha value is -2.43. The van der Waals surface area contributed by atoms with E-state index in [1.807, 2.05) is 23.1 Å². The number of piperidine rings is 1. The molecule has 2 heterocycles. The first-order valence-electron chi connectivity index (χ1n) is 9.54. The summed E-state index contributed by atoms with van der Waals surface area (Å²) in [5.41, 5.74) is 1.02. The number of ether oxygens (including phenoxy) is 1. The van der Waals surface area contributed by atoms with E-state index in [-0.39, 0.29) is 12.5 Å². The second-order valence-electron chi connectivity index (χ2n) is 7.30. The molecule has 1 saturated carbocycles. The number of amides is 1. The van der Waals surface area contributed by atoms with Gasteiger partial charge in [-0.2, -0.15) is 0 Å². The Kier molecular flexibility index (Phi) is 4.87. The summed E-state index contributed by atoms with van der Waals surface area (Å²) in [6, 6.07) is 9.48. The molecule has 4 rings (SSSR count). The van der Waals surface area contributed by atoms with Gasteiger partial charge >= 0.3 is 5.97 Å². The number of para-hydroxylation sites is 1. The number of esters is 1. The van der Waals surface area contributed by atoms with Gasteiger partial charge in [-0.15, -0.1) is 0 Å². The topological polar surface area (TPSA) is 59.5 Å². The zero-order valence-electron chi connectivity index (χ0n) is 14.9. The highest BCUT2D eigenvalue weighted by Crippen LogP contribution is 2.35. The van der Waals surface area contributed by atoms with E-state index in [0.717, 1.165) is 24.8 Å². The summed E-state index contributed by atoms with van der Waals surface area (Å²) >= 11 is 0. The number of aromatic nitrogens is 1. The third-order valence-electron chi connectivity index (χ3n) is 5.74. The minimum Gasteiger partial charge on any atom is -0.452 e. The van der Waals surface area contributed by atoms with E-state index in [4.69, 9.17) is 4.74 Å². The Morgan fingerprint density at radius 2 is 1.88 bits per heavy atom. The Bertz CT molecular complexity index is 813. The molecule has 136 valence electrons. The van der Waals surface area contributed by atoms with Crippen LogP contribution in [0.1, 0.15) is 48.9 Å². The molecule has 0 spiro atoms. The van der Waals surface area contributed by atoms with Gasteiger partial charge in [0.2, 0.25) is 0 Å². The van der Waals surface area contributed by atoms with Crippen LogP contribution < -0.4 is 0 Å². The van der Waals surface area contributed by atoms with Crippen molar-refractivity contribution in [2.45, 2.75) is 44.6 Å². The van der Waals surface area contributed by atoms with Crippen molar-refractivity contribution < 1.29 is 14.3 Å². The van der Waals surface area contributed by atoms with Crippen LogP contribution >= 0.6 is 0 Å². The van der Waals surface area contributed by atoms with Crippen LogP contribution in [0.2, 0.25) is 0 Å². The van der Waals surface area contributed by atoms with E-state index in [9.17, 15) is 9.59 Å². The van der Waals surface area contributed by atoms with E-state index >= 15 is 0 Å². The van der Waals surface area contributed by atoms with Crippen molar-refractivity contribution in [3.63, 3.8) is 0 Å². The molecule has 2 atom stereocenters. The minimum absolute atomic E-state index is 0.0665. The van der Waals surface area contributed by atoms with Crippen LogP contribution in [0, 0.1) is 5.92 Å². The van der Waals surface area contributed by atoms with Crippen molar-refractivity contribution in [1.82, 2.24) is 9.88 Å². The maximum atomic E-state index is 12.7. The number of hydrogen-bond donors (Lipinski definition) is 0. The van der Waals surface area contributed by atoms with E-state index in [2.05, 4.69) is 4.98 Å². The fraction of sp³-hybridized carbons (Fsp3) is 0.476. The third-order valence-corrected chi connectivity index (χ3v) is 5.74. The lowest BCUT2D eigenvalue weighted by atomic mass is 9.78. The van der Waals surface area contributed by atoms with E-state index in [1.54, 1.807) is 18.3 Å². The normalized spacial score (nSPS) is 22.7. The minimum atomic E-state index is -0.486. The molecule has 2 aliphatic rings. The molecular weight excluding hydrogens is 328 g/mol. The van der Waals surface area contributed by atoms with Crippen LogP contribution in [0.5, 0.6) is 0 Å². The summed E-state index contributed by atoms with van der Waals surface area (Å²) in [6.07, 6.45) is 8.68. The average Bonchev–Trinajstić information content (AvgIpc) is 2.71. The maximum absolute atomic E-state index is 12.7. The fourth-order valence-corrected chi connectivity index (χ4v) is 4.49. The second-order valence-corrected chi connectivity index (χ2v) is 7.30. The molecule has 0 N–H and O–H groups in total. The zero-order chi connectivity index (χ0) is 17.9. The number of hydrogen-bond acceptors (Lipinski definition) is 4. The van der Waals surface area contributed by atoms with Crippen molar-refractivity contribution >= 4 is 22.8 Å². The number of nitrogens with zero attached hydrogens (tertiary/aromatic N) is 2. The quantitative estimate of drug-likeness (QED) is 0.793. The molecule has 1 saturated heterocycles. The van der Waals surface area contributed by atoms with Crippen LogP contribution in [-0.4, -0.2) is 41.0 Å². The Morgan fingerprint density at radius 3 is 2.81 bits per heavy atom. The first kappa shape index (κ1) is 17.0. The van der Waals surface area contributed by atoms with Gasteiger partial charge in [0.15, 0.2) is 6.61 Å². The van der Waals surface area contributed by atoms with Crippen LogP contribution in [-0.2, 0) is 9.53 Å². The molecule has 0 unspecified atom stereocenters. The van der Waals surface area contributed by atoms with Gasteiger partial charge in [-0.1, -0.05) is 31.0 Å². The summed E-state index contributed by atoms with van der Waals surface area (Å²) in [5, 5.41) is 0.884. The predicted octanol–water partition coefficient (Wildman–Crippen LogP) is 3.57. The molecule has 5 heteroatoms. The van der Waals surface area contributed by atoms with Crippen molar-refractivity contribution in [2.24, 2.45) is 5.92 Å². The number of carbonyl (C=O) groups excluding carboxylic acids is 2. The molecule has 1 amide bonds. The van der Waals surface area contributed by atoms with E-state index in [1.165, 1.54) is 25.7 Å². The number of rotatable bonds is 3. The highest BCUT2D eigenvalue weighted by molar-refractivity contribution is 6.03. The van der Waals surface area contributed by atoms with Gasteiger partial charge < -0.3 is 9.64 Å². The highest BCUT2D eigenvalue weighted by atomic mass is 16.5. The van der Waals surface area contributed by atoms with E-state index in [0.29, 0.717) is 23.0 Å². The molecule has 5 nitrogen and oxygen atoms in total. The number of benzene rings is 1. The third kappa shape index (κ3) is 3.30. The number of carbonyl (C=O) groups is 2. The lowest BCUT2D eigenvalue weighted by molar-refractivity contribution is -0.140. The monoisotopic (exact) mass is 352 g/mol. The Balaban J connectivity index is 1.43. The summed E-state index contributed by atoms with van der Waals surface area (Å²) in [5.74, 6) is 0.0717. The Labute approximate surface area is 153 Å². The van der Waals surface area contributed by atoms with Gasteiger partial charge in [-0.3, -0.25) is 9.78 Å². The Morgan fingerprint density at radius 1 is 1.08 bits per heavy atom. The van der Waals surface area contributed by atoms with Gasteiger partial charge in [0.25, 0.3) is 5.91 Å². The standard InChI is InChI=1S/C21H24N2O3/c24-19(23-13-5-9-15-6-1-2-11-18(15)23)14-26-21(25)17-10-3-7-16-8-4-12-22-20(16)17/h3-4,7-8,10,12,15,18H,1-2,5-6,9,11,13-14H2/t15-,18+/m1/s1. The molecule has 26 heavy (non-hydrogen) atoms. The van der Waals surface area contributed by atoms with Crippen LogP contribution in [0.15, 0.2) is 36.5 Å². The van der Waals surface area contributed by atoms with Crippen molar-refractivity contribution in [3.05, 3.63) is 42.1 Å². The zero-order valence-corrected chi connectivity index (χ0v) is 14.9. The maximum Gasteiger partial charge on any atom is 0.340 e. The molecule has 0 bridgehead atoms. The number of fused-ring (bicyclic) bond motifs is 2. The van der Waals surface area contributed by atoms with Crippen molar-refractivity contribution in [1.29, 1.82) is 0 Å². The summed E-state index contributed by atoms with van der Waals surface area (Å²) < 4.78 is 5.36. The van der Waals surface area contributed by atoms with Gasteiger partial charge in [-0.25, -0.2) is 4.79 Å². The largest absolute Gasteiger partial charge is 0.452 e. The first-order chi connectivity index (χ1) is 12.7. The second kappa shape index (κ2) is 7.44. The number of pyridine rings is 1.